The van der Waals surface area contributed by atoms with Crippen LogP contribution in [0.15, 0.2) is 40.5 Å². The smallest absolute Gasteiger partial charge is 0.266 e. The molecule has 0 saturated heterocycles. The molecule has 0 aliphatic heterocycles. The van der Waals surface area contributed by atoms with Gasteiger partial charge in [0.25, 0.3) is 5.56 Å². The zero-order valence-electron chi connectivity index (χ0n) is 11.8. The van der Waals surface area contributed by atoms with Gasteiger partial charge in [0.2, 0.25) is 0 Å². The van der Waals surface area contributed by atoms with E-state index in [0.717, 1.165) is 16.7 Å². The SMILES string of the molecule is CSc1ncc2c(=O)n(-c3c(F)cccc3F)cc(C)c2n1. The van der Waals surface area contributed by atoms with E-state index in [1.165, 1.54) is 30.2 Å². The molecule has 4 nitrogen and oxygen atoms in total. The Balaban J connectivity index is 2.38. The molecule has 0 atom stereocenters. The van der Waals surface area contributed by atoms with Gasteiger partial charge in [-0.2, -0.15) is 0 Å². The third kappa shape index (κ3) is 2.27. The molecule has 22 heavy (non-hydrogen) atoms. The van der Waals surface area contributed by atoms with E-state index in [2.05, 4.69) is 9.97 Å². The molecule has 2 aromatic heterocycles. The lowest BCUT2D eigenvalue weighted by Gasteiger charge is -2.11. The van der Waals surface area contributed by atoms with Crippen LogP contribution in [0.4, 0.5) is 8.78 Å². The minimum atomic E-state index is -0.803. The number of hydrogen-bond donors (Lipinski definition) is 0. The molecule has 0 N–H and O–H groups in total. The molecule has 0 aliphatic rings. The number of rotatable bonds is 2. The molecule has 0 amide bonds. The fraction of sp³-hybridized carbons (Fsp3) is 0.133. The highest BCUT2D eigenvalue weighted by molar-refractivity contribution is 7.98. The van der Waals surface area contributed by atoms with E-state index in [1.54, 1.807) is 6.92 Å². The van der Waals surface area contributed by atoms with Gasteiger partial charge in [0.05, 0.1) is 10.9 Å². The summed E-state index contributed by atoms with van der Waals surface area (Å²) in [6, 6.07) is 3.47. The van der Waals surface area contributed by atoms with Crippen LogP contribution in [0.3, 0.4) is 0 Å². The number of aryl methyl sites for hydroxylation is 1. The lowest BCUT2D eigenvalue weighted by Crippen LogP contribution is -2.21. The summed E-state index contributed by atoms with van der Waals surface area (Å²) < 4.78 is 28.8. The van der Waals surface area contributed by atoms with E-state index >= 15 is 0 Å². The number of para-hydroxylation sites is 1. The number of nitrogens with zero attached hydrogens (tertiary/aromatic N) is 3. The minimum absolute atomic E-state index is 0.223. The molecule has 0 unspecified atom stereocenters. The van der Waals surface area contributed by atoms with Crippen LogP contribution in [0, 0.1) is 18.6 Å². The Hall–Kier alpha value is -2.28. The van der Waals surface area contributed by atoms with Crippen LogP contribution >= 0.6 is 11.8 Å². The highest BCUT2D eigenvalue weighted by Gasteiger charge is 2.16. The Morgan fingerprint density at radius 1 is 1.23 bits per heavy atom. The first-order valence-electron chi connectivity index (χ1n) is 6.40. The van der Waals surface area contributed by atoms with E-state index < -0.39 is 22.9 Å². The summed E-state index contributed by atoms with van der Waals surface area (Å²) in [6.07, 6.45) is 4.61. The van der Waals surface area contributed by atoms with E-state index in [1.807, 2.05) is 6.26 Å². The van der Waals surface area contributed by atoms with Crippen molar-refractivity contribution in [2.75, 3.05) is 6.26 Å². The van der Waals surface area contributed by atoms with Crippen molar-refractivity contribution >= 4 is 22.7 Å². The molecule has 7 heteroatoms. The summed E-state index contributed by atoms with van der Waals surface area (Å²) in [5, 5.41) is 0.755. The van der Waals surface area contributed by atoms with Crippen molar-refractivity contribution in [2.24, 2.45) is 0 Å². The van der Waals surface area contributed by atoms with Gasteiger partial charge >= 0.3 is 0 Å². The number of halogens is 2. The number of thioether (sulfide) groups is 1. The molecule has 0 aliphatic carbocycles. The molecule has 112 valence electrons. The van der Waals surface area contributed by atoms with Gasteiger partial charge in [-0.05, 0) is 30.9 Å². The van der Waals surface area contributed by atoms with Gasteiger partial charge in [0.15, 0.2) is 5.16 Å². The second-order valence-electron chi connectivity index (χ2n) is 4.68. The van der Waals surface area contributed by atoms with Crippen LogP contribution in [-0.4, -0.2) is 20.8 Å². The number of fused-ring (bicyclic) bond motifs is 1. The van der Waals surface area contributed by atoms with E-state index in [0.29, 0.717) is 16.2 Å². The second kappa shape index (κ2) is 5.49. The number of aromatic nitrogens is 3. The van der Waals surface area contributed by atoms with Crippen LogP contribution < -0.4 is 5.56 Å². The Kier molecular flexibility index (Phi) is 3.66. The van der Waals surface area contributed by atoms with Crippen molar-refractivity contribution in [2.45, 2.75) is 12.1 Å². The summed E-state index contributed by atoms with van der Waals surface area (Å²) in [4.78, 5) is 20.9. The van der Waals surface area contributed by atoms with Crippen molar-refractivity contribution < 1.29 is 8.78 Å². The fourth-order valence-electron chi connectivity index (χ4n) is 2.25. The summed E-state index contributed by atoms with van der Waals surface area (Å²) >= 11 is 1.35. The zero-order chi connectivity index (χ0) is 15.9. The van der Waals surface area contributed by atoms with Crippen LogP contribution in [-0.2, 0) is 0 Å². The third-order valence-corrected chi connectivity index (χ3v) is 3.84. The molecule has 0 bridgehead atoms. The maximum atomic E-state index is 13.9. The molecule has 2 heterocycles. The lowest BCUT2D eigenvalue weighted by molar-refractivity contribution is 0.567. The highest BCUT2D eigenvalue weighted by atomic mass is 32.2. The van der Waals surface area contributed by atoms with Gasteiger partial charge in [-0.25, -0.2) is 18.7 Å². The predicted molar refractivity (Wildman–Crippen MR) is 81.6 cm³/mol. The Morgan fingerprint density at radius 3 is 2.55 bits per heavy atom. The van der Waals surface area contributed by atoms with Crippen molar-refractivity contribution in [1.82, 2.24) is 14.5 Å². The summed E-state index contributed by atoms with van der Waals surface area (Å²) in [6.45, 7) is 1.73. The maximum Gasteiger partial charge on any atom is 0.266 e. The van der Waals surface area contributed by atoms with Crippen LogP contribution in [0.5, 0.6) is 0 Å². The topological polar surface area (TPSA) is 47.8 Å². The monoisotopic (exact) mass is 319 g/mol. The standard InChI is InChI=1S/C15H11F2N3OS/c1-8-7-20(13-10(16)4-3-5-11(13)17)14(21)9-6-18-15(22-2)19-12(8)9/h3-7H,1-2H3. The minimum Gasteiger partial charge on any atom is -0.278 e. The molecule has 1 aromatic carbocycles. The Labute approximate surface area is 128 Å². The van der Waals surface area contributed by atoms with Gasteiger partial charge in [0, 0.05) is 12.4 Å². The maximum absolute atomic E-state index is 13.9. The number of pyridine rings is 1. The molecule has 3 rings (SSSR count). The first-order valence-corrected chi connectivity index (χ1v) is 7.63. The van der Waals surface area contributed by atoms with Gasteiger partial charge in [-0.1, -0.05) is 17.8 Å². The second-order valence-corrected chi connectivity index (χ2v) is 5.45. The number of hydrogen-bond acceptors (Lipinski definition) is 4. The van der Waals surface area contributed by atoms with Gasteiger partial charge in [-0.15, -0.1) is 0 Å². The molecular formula is C15H11F2N3OS. The van der Waals surface area contributed by atoms with Crippen molar-refractivity contribution in [3.8, 4) is 5.69 Å². The zero-order valence-corrected chi connectivity index (χ0v) is 12.6. The van der Waals surface area contributed by atoms with Crippen LogP contribution in [0.25, 0.3) is 16.6 Å². The Morgan fingerprint density at radius 2 is 1.91 bits per heavy atom. The van der Waals surface area contributed by atoms with Gasteiger partial charge in [-0.3, -0.25) is 9.36 Å². The molecule has 0 spiro atoms. The van der Waals surface area contributed by atoms with Crippen molar-refractivity contribution in [3.63, 3.8) is 0 Å². The van der Waals surface area contributed by atoms with E-state index in [4.69, 9.17) is 0 Å². The highest BCUT2D eigenvalue weighted by Crippen LogP contribution is 2.20. The summed E-state index contributed by atoms with van der Waals surface area (Å²) in [5.74, 6) is -1.61. The van der Waals surface area contributed by atoms with Gasteiger partial charge < -0.3 is 0 Å². The molecule has 0 radical (unpaired) electrons. The molecule has 0 fully saturated rings. The molecule has 3 aromatic rings. The summed E-state index contributed by atoms with van der Waals surface area (Å²) in [5.41, 5.74) is 0.163. The summed E-state index contributed by atoms with van der Waals surface area (Å²) in [7, 11) is 0. The molecular weight excluding hydrogens is 308 g/mol. The van der Waals surface area contributed by atoms with Crippen LogP contribution in [0.1, 0.15) is 5.56 Å². The molecule has 0 saturated carbocycles. The first kappa shape index (κ1) is 14.6. The third-order valence-electron chi connectivity index (χ3n) is 3.27. The predicted octanol–water partition coefficient (Wildman–Crippen LogP) is 3.09. The first-order chi connectivity index (χ1) is 10.5. The van der Waals surface area contributed by atoms with Gasteiger partial charge in [0.1, 0.15) is 17.3 Å². The quantitative estimate of drug-likeness (QED) is 0.538. The Bertz CT molecular complexity index is 920. The van der Waals surface area contributed by atoms with Crippen LogP contribution in [0.2, 0.25) is 0 Å². The average molecular weight is 319 g/mol. The largest absolute Gasteiger partial charge is 0.278 e. The van der Waals surface area contributed by atoms with E-state index in [-0.39, 0.29) is 5.39 Å². The van der Waals surface area contributed by atoms with Crippen molar-refractivity contribution in [3.05, 3.63) is 58.1 Å². The number of benzene rings is 1. The van der Waals surface area contributed by atoms with Crippen molar-refractivity contribution in [1.29, 1.82) is 0 Å². The normalized spacial score (nSPS) is 11.1. The fourth-order valence-corrected chi connectivity index (χ4v) is 2.59. The lowest BCUT2D eigenvalue weighted by atomic mass is 10.2. The average Bonchev–Trinajstić information content (AvgIpc) is 2.51. The van der Waals surface area contributed by atoms with E-state index in [9.17, 15) is 13.6 Å².